The number of alkyl halides is 3. The van der Waals surface area contributed by atoms with Gasteiger partial charge in [-0.05, 0) is 42.8 Å². The number of hydrogen-bond donors (Lipinski definition) is 1. The molecule has 1 aliphatic heterocycles. The zero-order valence-corrected chi connectivity index (χ0v) is 16.8. The maximum absolute atomic E-state index is 12.5. The van der Waals surface area contributed by atoms with Gasteiger partial charge in [-0.1, -0.05) is 28.9 Å². The molecule has 10 heteroatoms. The van der Waals surface area contributed by atoms with E-state index in [9.17, 15) is 18.0 Å². The maximum atomic E-state index is 12.5. The summed E-state index contributed by atoms with van der Waals surface area (Å²) < 4.78 is 46.9. The molecule has 1 aromatic heterocycles. The minimum absolute atomic E-state index is 0.147. The van der Waals surface area contributed by atoms with Crippen molar-refractivity contribution in [3.63, 3.8) is 0 Å². The zero-order chi connectivity index (χ0) is 22.3. The van der Waals surface area contributed by atoms with E-state index in [1.165, 1.54) is 24.3 Å². The van der Waals surface area contributed by atoms with E-state index in [0.29, 0.717) is 44.4 Å². The molecule has 0 spiro atoms. The second kappa shape index (κ2) is 7.73. The number of amides is 1. The Morgan fingerprint density at radius 3 is 2.55 bits per heavy atom. The summed E-state index contributed by atoms with van der Waals surface area (Å²) in [5.41, 5.74) is 8.75. The lowest BCUT2D eigenvalue weighted by Crippen LogP contribution is -2.17. The van der Waals surface area contributed by atoms with Crippen molar-refractivity contribution in [1.29, 1.82) is 0 Å². The van der Waals surface area contributed by atoms with E-state index in [0.717, 1.165) is 0 Å². The predicted octanol–water partition coefficient (Wildman–Crippen LogP) is 4.97. The molecule has 3 aromatic rings. The van der Waals surface area contributed by atoms with Gasteiger partial charge < -0.3 is 15.0 Å². The molecule has 0 saturated carbocycles. The van der Waals surface area contributed by atoms with E-state index in [4.69, 9.17) is 21.9 Å². The lowest BCUT2D eigenvalue weighted by atomic mass is 9.92. The van der Waals surface area contributed by atoms with E-state index in [1.54, 1.807) is 19.1 Å². The van der Waals surface area contributed by atoms with Crippen LogP contribution >= 0.6 is 11.6 Å². The van der Waals surface area contributed by atoms with Crippen molar-refractivity contribution in [2.24, 2.45) is 10.7 Å². The van der Waals surface area contributed by atoms with Crippen molar-refractivity contribution in [3.05, 3.63) is 70.1 Å². The number of rotatable bonds is 4. The molecule has 0 aliphatic carbocycles. The van der Waals surface area contributed by atoms with E-state index in [2.05, 4.69) is 14.9 Å². The van der Waals surface area contributed by atoms with Crippen molar-refractivity contribution < 1.29 is 27.2 Å². The number of hydrogen-bond acceptors (Lipinski definition) is 5. The SMILES string of the molecule is Cc1noc2c1-c1cccc(Cl)c1C(c1ccc(OC(F)(F)F)cc1)=NC2CC(N)=O. The molecule has 31 heavy (non-hydrogen) atoms. The molecule has 2 aromatic carbocycles. The second-order valence-electron chi connectivity index (χ2n) is 6.91. The molecule has 1 amide bonds. The van der Waals surface area contributed by atoms with Gasteiger partial charge in [0.15, 0.2) is 5.76 Å². The third-order valence-corrected chi connectivity index (χ3v) is 5.07. The summed E-state index contributed by atoms with van der Waals surface area (Å²) in [5.74, 6) is -0.601. The molecule has 0 fully saturated rings. The summed E-state index contributed by atoms with van der Waals surface area (Å²) in [6.45, 7) is 1.75. The van der Waals surface area contributed by atoms with Crippen LogP contribution in [0.3, 0.4) is 0 Å². The Balaban J connectivity index is 1.90. The molecule has 160 valence electrons. The topological polar surface area (TPSA) is 90.7 Å². The summed E-state index contributed by atoms with van der Waals surface area (Å²) in [5, 5.41) is 4.38. The highest BCUT2D eigenvalue weighted by Gasteiger charge is 2.33. The summed E-state index contributed by atoms with van der Waals surface area (Å²) in [6, 6.07) is 9.70. The van der Waals surface area contributed by atoms with Gasteiger partial charge in [0.05, 0.1) is 28.4 Å². The van der Waals surface area contributed by atoms with Gasteiger partial charge in [0.2, 0.25) is 5.91 Å². The quantitative estimate of drug-likeness (QED) is 0.608. The molecule has 1 atom stereocenters. The highest BCUT2D eigenvalue weighted by molar-refractivity contribution is 6.36. The lowest BCUT2D eigenvalue weighted by Gasteiger charge is -2.14. The van der Waals surface area contributed by atoms with Crippen molar-refractivity contribution in [2.75, 3.05) is 0 Å². The Kier molecular flexibility index (Phi) is 5.22. The van der Waals surface area contributed by atoms with Crippen LogP contribution in [0.25, 0.3) is 11.1 Å². The highest BCUT2D eigenvalue weighted by atomic mass is 35.5. The molecule has 2 N–H and O–H groups in total. The van der Waals surface area contributed by atoms with E-state index in [-0.39, 0.29) is 12.2 Å². The van der Waals surface area contributed by atoms with Gasteiger partial charge in [-0.2, -0.15) is 0 Å². The Hall–Kier alpha value is -3.33. The smallest absolute Gasteiger partial charge is 0.406 e. The molecule has 0 bridgehead atoms. The summed E-state index contributed by atoms with van der Waals surface area (Å²) in [7, 11) is 0. The molecule has 4 rings (SSSR count). The molecular formula is C21H15ClF3N3O3. The van der Waals surface area contributed by atoms with Crippen LogP contribution in [-0.2, 0) is 4.79 Å². The van der Waals surface area contributed by atoms with Crippen molar-refractivity contribution in [2.45, 2.75) is 25.7 Å². The standard InChI is InChI=1S/C21H15ClF3N3O3/c1-10-17-13-3-2-4-14(22)18(13)19(27-15(9-16(26)29)20(17)31-28-10)11-5-7-12(8-6-11)30-21(23,24)25/h2-8,15H,9H2,1H3,(H2,26,29). The summed E-state index contributed by atoms with van der Waals surface area (Å²) in [4.78, 5) is 16.4. The van der Waals surface area contributed by atoms with Gasteiger partial charge in [-0.3, -0.25) is 9.79 Å². The van der Waals surface area contributed by atoms with Crippen LogP contribution in [-0.4, -0.2) is 23.1 Å². The number of aryl methyl sites for hydroxylation is 1. The normalized spacial score (nSPS) is 15.5. The second-order valence-corrected chi connectivity index (χ2v) is 7.31. The van der Waals surface area contributed by atoms with Crippen molar-refractivity contribution in [3.8, 4) is 16.9 Å². The number of aromatic nitrogens is 1. The molecule has 0 radical (unpaired) electrons. The van der Waals surface area contributed by atoms with Gasteiger partial charge >= 0.3 is 6.36 Å². The van der Waals surface area contributed by atoms with Gasteiger partial charge in [0, 0.05) is 11.1 Å². The monoisotopic (exact) mass is 449 g/mol. The van der Waals surface area contributed by atoms with Gasteiger partial charge in [0.1, 0.15) is 11.8 Å². The molecule has 0 saturated heterocycles. The van der Waals surface area contributed by atoms with E-state index in [1.807, 2.05) is 6.07 Å². The van der Waals surface area contributed by atoms with E-state index < -0.39 is 18.3 Å². The first-order valence-electron chi connectivity index (χ1n) is 9.11. The predicted molar refractivity (Wildman–Crippen MR) is 107 cm³/mol. The number of nitrogens with zero attached hydrogens (tertiary/aromatic N) is 2. The van der Waals surface area contributed by atoms with Crippen LogP contribution in [0.4, 0.5) is 13.2 Å². The first-order valence-corrected chi connectivity index (χ1v) is 9.49. The number of nitrogens with two attached hydrogens (primary N) is 1. The van der Waals surface area contributed by atoms with Crippen LogP contribution in [0.2, 0.25) is 5.02 Å². The van der Waals surface area contributed by atoms with Crippen LogP contribution in [0.1, 0.15) is 35.0 Å². The fraction of sp³-hybridized carbons (Fsp3) is 0.190. The molecule has 1 unspecified atom stereocenters. The summed E-state index contributed by atoms with van der Waals surface area (Å²) in [6.07, 6.45) is -4.95. The number of ether oxygens (including phenoxy) is 1. The molecular weight excluding hydrogens is 435 g/mol. The first-order chi connectivity index (χ1) is 14.6. The van der Waals surface area contributed by atoms with Crippen LogP contribution in [0.15, 0.2) is 52.0 Å². The maximum Gasteiger partial charge on any atom is 0.573 e. The fourth-order valence-electron chi connectivity index (χ4n) is 3.56. The molecule has 2 heterocycles. The third-order valence-electron chi connectivity index (χ3n) is 4.75. The number of carbonyl (C=O) groups excluding carboxylic acids is 1. The first kappa shape index (κ1) is 20.9. The zero-order valence-electron chi connectivity index (χ0n) is 16.0. The minimum atomic E-state index is -4.80. The Morgan fingerprint density at radius 1 is 1.19 bits per heavy atom. The number of halogens is 4. The Morgan fingerprint density at radius 2 is 1.90 bits per heavy atom. The average Bonchev–Trinajstić information content (AvgIpc) is 2.99. The number of fused-ring (bicyclic) bond motifs is 3. The largest absolute Gasteiger partial charge is 0.573 e. The van der Waals surface area contributed by atoms with Gasteiger partial charge in [-0.25, -0.2) is 0 Å². The Bertz CT molecular complexity index is 1190. The minimum Gasteiger partial charge on any atom is -0.406 e. The van der Waals surface area contributed by atoms with Crippen LogP contribution in [0.5, 0.6) is 5.75 Å². The van der Waals surface area contributed by atoms with Gasteiger partial charge in [0.25, 0.3) is 0 Å². The number of carbonyl (C=O) groups is 1. The molecule has 1 aliphatic rings. The lowest BCUT2D eigenvalue weighted by molar-refractivity contribution is -0.274. The average molecular weight is 450 g/mol. The highest BCUT2D eigenvalue weighted by Crippen LogP contribution is 2.42. The van der Waals surface area contributed by atoms with Gasteiger partial charge in [-0.15, -0.1) is 13.2 Å². The van der Waals surface area contributed by atoms with Crippen LogP contribution in [0, 0.1) is 6.92 Å². The fourth-order valence-corrected chi connectivity index (χ4v) is 3.82. The third kappa shape index (κ3) is 4.13. The Labute approximate surface area is 179 Å². The number of aliphatic imine (C=N–C) groups is 1. The van der Waals surface area contributed by atoms with Crippen molar-refractivity contribution >= 4 is 23.2 Å². The van der Waals surface area contributed by atoms with Crippen molar-refractivity contribution in [1.82, 2.24) is 5.16 Å². The number of primary amides is 1. The van der Waals surface area contributed by atoms with E-state index >= 15 is 0 Å². The van der Waals surface area contributed by atoms with Crippen LogP contribution < -0.4 is 10.5 Å². The number of benzene rings is 2. The summed E-state index contributed by atoms with van der Waals surface area (Å²) >= 11 is 6.52. The molecule has 6 nitrogen and oxygen atoms in total.